The maximum absolute atomic E-state index is 11.6. The molecule has 0 radical (unpaired) electrons. The van der Waals surface area contributed by atoms with Gasteiger partial charge in [-0.2, -0.15) is 0 Å². The van der Waals surface area contributed by atoms with Gasteiger partial charge in [-0.25, -0.2) is 0 Å². The van der Waals surface area contributed by atoms with Crippen LogP contribution >= 0.6 is 15.9 Å². The average molecular weight is 304 g/mol. The van der Waals surface area contributed by atoms with Crippen LogP contribution < -0.4 is 5.32 Å². The maximum atomic E-state index is 11.6. The number of rotatable bonds is 10. The monoisotopic (exact) mass is 303 g/mol. The number of unbranched alkanes of at least 4 members (excludes halogenated alkanes) is 4. The first-order chi connectivity index (χ1) is 8.22. The maximum Gasteiger partial charge on any atom is 0.220 e. The molecule has 0 aromatic carbocycles. The van der Waals surface area contributed by atoms with E-state index in [1.807, 2.05) is 0 Å². The topological polar surface area (TPSA) is 29.1 Å². The molecule has 0 aliphatic heterocycles. The van der Waals surface area contributed by atoms with E-state index in [2.05, 4.69) is 28.2 Å². The Labute approximate surface area is 114 Å². The summed E-state index contributed by atoms with van der Waals surface area (Å²) >= 11 is 3.49. The molecule has 0 bridgehead atoms. The van der Waals surface area contributed by atoms with Gasteiger partial charge in [0, 0.05) is 18.3 Å². The van der Waals surface area contributed by atoms with E-state index in [0.717, 1.165) is 18.3 Å². The molecule has 1 N–H and O–H groups in total. The van der Waals surface area contributed by atoms with Crippen LogP contribution in [0.5, 0.6) is 0 Å². The molecule has 1 rings (SSSR count). The third kappa shape index (κ3) is 6.44. The second-order valence-electron chi connectivity index (χ2n) is 5.38. The fourth-order valence-corrected chi connectivity index (χ4v) is 3.00. The first-order valence-corrected chi connectivity index (χ1v) is 8.17. The third-order valence-corrected chi connectivity index (χ3v) is 4.15. The number of carbonyl (C=O) groups excluding carboxylic acids is 1. The van der Waals surface area contributed by atoms with Crippen LogP contribution in [0.3, 0.4) is 0 Å². The van der Waals surface area contributed by atoms with Gasteiger partial charge in [-0.05, 0) is 31.1 Å². The smallest absolute Gasteiger partial charge is 0.220 e. The van der Waals surface area contributed by atoms with Crippen molar-refractivity contribution in [1.29, 1.82) is 0 Å². The summed E-state index contributed by atoms with van der Waals surface area (Å²) in [5.41, 5.74) is 0.446. The van der Waals surface area contributed by atoms with E-state index >= 15 is 0 Å². The normalized spacial score (nSPS) is 16.8. The average Bonchev–Trinajstić information content (AvgIpc) is 3.07. The molecule has 0 aromatic heterocycles. The van der Waals surface area contributed by atoms with Crippen molar-refractivity contribution in [1.82, 2.24) is 5.32 Å². The zero-order valence-corrected chi connectivity index (χ0v) is 12.7. The van der Waals surface area contributed by atoms with E-state index in [9.17, 15) is 4.79 Å². The van der Waals surface area contributed by atoms with E-state index < -0.39 is 0 Å². The lowest BCUT2D eigenvalue weighted by Crippen LogP contribution is -2.30. The number of halogens is 1. The molecule has 3 heteroatoms. The first kappa shape index (κ1) is 15.0. The quantitative estimate of drug-likeness (QED) is 0.479. The predicted molar refractivity (Wildman–Crippen MR) is 76.5 cm³/mol. The Morgan fingerprint density at radius 3 is 2.53 bits per heavy atom. The molecule has 0 unspecified atom stereocenters. The Hall–Kier alpha value is -0.0500. The Morgan fingerprint density at radius 1 is 1.24 bits per heavy atom. The minimum Gasteiger partial charge on any atom is -0.356 e. The van der Waals surface area contributed by atoms with Gasteiger partial charge in [0.2, 0.25) is 5.91 Å². The molecule has 0 saturated heterocycles. The van der Waals surface area contributed by atoms with Gasteiger partial charge in [0.05, 0.1) is 0 Å². The molecule has 1 aliphatic rings. The second kappa shape index (κ2) is 8.12. The molecular formula is C14H26BrNO. The van der Waals surface area contributed by atoms with Crippen LogP contribution in [0, 0.1) is 5.41 Å². The van der Waals surface area contributed by atoms with Crippen molar-refractivity contribution in [2.75, 3.05) is 11.9 Å². The lowest BCUT2D eigenvalue weighted by molar-refractivity contribution is -0.121. The van der Waals surface area contributed by atoms with Gasteiger partial charge in [-0.1, -0.05) is 48.5 Å². The predicted octanol–water partition coefficient (Wildman–Crippen LogP) is 4.03. The van der Waals surface area contributed by atoms with Crippen LogP contribution in [0.25, 0.3) is 0 Å². The van der Waals surface area contributed by atoms with Gasteiger partial charge in [0.15, 0.2) is 0 Å². The van der Waals surface area contributed by atoms with Crippen molar-refractivity contribution in [2.24, 2.45) is 5.41 Å². The Kier molecular flexibility index (Phi) is 7.17. The summed E-state index contributed by atoms with van der Waals surface area (Å²) in [5.74, 6) is 0.252. The number of carbonyl (C=O) groups is 1. The van der Waals surface area contributed by atoms with Crippen LogP contribution in [-0.2, 0) is 4.79 Å². The summed E-state index contributed by atoms with van der Waals surface area (Å²) in [7, 11) is 0. The highest BCUT2D eigenvalue weighted by atomic mass is 79.9. The number of hydrogen-bond acceptors (Lipinski definition) is 1. The molecule has 1 amide bonds. The molecule has 1 saturated carbocycles. The zero-order valence-electron chi connectivity index (χ0n) is 11.1. The van der Waals surface area contributed by atoms with Crippen molar-refractivity contribution in [2.45, 2.75) is 64.7 Å². The van der Waals surface area contributed by atoms with Gasteiger partial charge in [0.1, 0.15) is 0 Å². The standard InChI is InChI=1S/C14H26BrNO/c1-2-3-4-5-6-7-13(17)16-12-14(8-9-14)10-11-15/h2-12H2,1H3,(H,16,17). The highest BCUT2D eigenvalue weighted by Gasteiger charge is 2.41. The summed E-state index contributed by atoms with van der Waals surface area (Å²) in [6, 6.07) is 0. The molecular weight excluding hydrogens is 278 g/mol. The van der Waals surface area contributed by atoms with E-state index in [1.165, 1.54) is 44.9 Å². The zero-order chi connectivity index (χ0) is 12.6. The third-order valence-electron chi connectivity index (χ3n) is 3.75. The van der Waals surface area contributed by atoms with Gasteiger partial charge in [-0.15, -0.1) is 0 Å². The lowest BCUT2D eigenvalue weighted by atomic mass is 10.0. The molecule has 1 fully saturated rings. The van der Waals surface area contributed by atoms with E-state index in [0.29, 0.717) is 11.8 Å². The summed E-state index contributed by atoms with van der Waals surface area (Å²) < 4.78 is 0. The van der Waals surface area contributed by atoms with Crippen molar-refractivity contribution >= 4 is 21.8 Å². The molecule has 0 aromatic rings. The fourth-order valence-electron chi connectivity index (χ4n) is 2.16. The largest absolute Gasteiger partial charge is 0.356 e. The van der Waals surface area contributed by atoms with Crippen molar-refractivity contribution in [3.63, 3.8) is 0 Å². The number of hydrogen-bond donors (Lipinski definition) is 1. The van der Waals surface area contributed by atoms with Crippen molar-refractivity contribution in [3.8, 4) is 0 Å². The molecule has 0 spiro atoms. The Bertz CT molecular complexity index is 226. The highest BCUT2D eigenvalue weighted by molar-refractivity contribution is 9.09. The summed E-state index contributed by atoms with van der Waals surface area (Å²) in [5, 5.41) is 4.16. The van der Waals surface area contributed by atoms with Crippen LogP contribution in [0.4, 0.5) is 0 Å². The molecule has 100 valence electrons. The van der Waals surface area contributed by atoms with Crippen LogP contribution in [0.2, 0.25) is 0 Å². The molecule has 1 aliphatic carbocycles. The SMILES string of the molecule is CCCCCCCC(=O)NCC1(CCBr)CC1. The molecule has 2 nitrogen and oxygen atoms in total. The molecule has 0 heterocycles. The fraction of sp³-hybridized carbons (Fsp3) is 0.929. The minimum atomic E-state index is 0.252. The number of amides is 1. The number of nitrogens with one attached hydrogen (secondary N) is 1. The molecule has 17 heavy (non-hydrogen) atoms. The highest BCUT2D eigenvalue weighted by Crippen LogP contribution is 2.48. The lowest BCUT2D eigenvalue weighted by Gasteiger charge is -2.14. The van der Waals surface area contributed by atoms with Gasteiger partial charge < -0.3 is 5.32 Å². The van der Waals surface area contributed by atoms with Crippen molar-refractivity contribution < 1.29 is 4.79 Å². The summed E-state index contributed by atoms with van der Waals surface area (Å²) in [6.07, 6.45) is 10.6. The first-order valence-electron chi connectivity index (χ1n) is 7.05. The van der Waals surface area contributed by atoms with Gasteiger partial charge in [0.25, 0.3) is 0 Å². The van der Waals surface area contributed by atoms with E-state index in [1.54, 1.807) is 0 Å². The molecule has 0 atom stereocenters. The Balaban J connectivity index is 1.98. The van der Waals surface area contributed by atoms with E-state index in [-0.39, 0.29) is 5.91 Å². The summed E-state index contributed by atoms with van der Waals surface area (Å²) in [4.78, 5) is 11.6. The number of alkyl halides is 1. The van der Waals surface area contributed by atoms with Crippen LogP contribution in [-0.4, -0.2) is 17.8 Å². The van der Waals surface area contributed by atoms with Crippen LogP contribution in [0.15, 0.2) is 0 Å². The summed E-state index contributed by atoms with van der Waals surface area (Å²) in [6.45, 7) is 3.11. The van der Waals surface area contributed by atoms with Crippen LogP contribution in [0.1, 0.15) is 64.7 Å². The van der Waals surface area contributed by atoms with Gasteiger partial charge in [-0.3, -0.25) is 4.79 Å². The Morgan fingerprint density at radius 2 is 1.94 bits per heavy atom. The van der Waals surface area contributed by atoms with Gasteiger partial charge >= 0.3 is 0 Å². The second-order valence-corrected chi connectivity index (χ2v) is 6.17. The minimum absolute atomic E-state index is 0.252. The van der Waals surface area contributed by atoms with E-state index in [4.69, 9.17) is 0 Å². The van der Waals surface area contributed by atoms with Crippen molar-refractivity contribution in [3.05, 3.63) is 0 Å².